The Balaban J connectivity index is 0.00000128. The number of rotatable bonds is 1. The number of fused-ring (bicyclic) bond motifs is 1. The summed E-state index contributed by atoms with van der Waals surface area (Å²) in [5.74, 6) is 0. The van der Waals surface area contributed by atoms with Crippen LogP contribution in [-0.2, 0) is 10.1 Å². The third kappa shape index (κ3) is 2.75. The molecule has 0 aromatic heterocycles. The van der Waals surface area contributed by atoms with Crippen molar-refractivity contribution >= 4 is 56.1 Å². The SMILES string of the molecule is Nc1ccc2ccc(S(=O)(=O)O)cc2c1.[Na]. The van der Waals surface area contributed by atoms with Gasteiger partial charge in [0, 0.05) is 35.2 Å². The maximum Gasteiger partial charge on any atom is 0.294 e. The van der Waals surface area contributed by atoms with E-state index in [0.29, 0.717) is 11.1 Å². The Kier molecular flexibility index (Phi) is 3.98. The molecule has 79 valence electrons. The molecule has 0 aliphatic heterocycles. The predicted molar refractivity (Wildman–Crippen MR) is 63.9 cm³/mol. The van der Waals surface area contributed by atoms with Gasteiger partial charge in [-0.3, -0.25) is 4.55 Å². The molecular weight excluding hydrogens is 237 g/mol. The minimum Gasteiger partial charge on any atom is -0.399 e. The molecule has 2 aromatic rings. The van der Waals surface area contributed by atoms with E-state index in [0.717, 1.165) is 5.39 Å². The van der Waals surface area contributed by atoms with E-state index in [-0.39, 0.29) is 34.5 Å². The number of hydrogen-bond donors (Lipinski definition) is 2. The van der Waals surface area contributed by atoms with E-state index in [1.165, 1.54) is 12.1 Å². The molecule has 6 heteroatoms. The average molecular weight is 246 g/mol. The van der Waals surface area contributed by atoms with Crippen molar-refractivity contribution in [3.8, 4) is 0 Å². The Morgan fingerprint density at radius 1 is 1.00 bits per heavy atom. The second kappa shape index (κ2) is 4.73. The van der Waals surface area contributed by atoms with Crippen LogP contribution in [0, 0.1) is 0 Å². The zero-order valence-corrected chi connectivity index (χ0v) is 11.5. The zero-order chi connectivity index (χ0) is 11.1. The van der Waals surface area contributed by atoms with E-state index in [9.17, 15) is 8.42 Å². The Bertz CT molecular complexity index is 625. The molecule has 0 heterocycles. The summed E-state index contributed by atoms with van der Waals surface area (Å²) in [5.41, 5.74) is 6.12. The summed E-state index contributed by atoms with van der Waals surface area (Å²) in [4.78, 5) is -0.124. The second-order valence-electron chi connectivity index (χ2n) is 3.24. The van der Waals surface area contributed by atoms with E-state index < -0.39 is 10.1 Å². The largest absolute Gasteiger partial charge is 0.399 e. The van der Waals surface area contributed by atoms with Gasteiger partial charge in [-0.05, 0) is 35.0 Å². The molecule has 2 aromatic carbocycles. The Hall–Kier alpha value is -0.590. The summed E-state index contributed by atoms with van der Waals surface area (Å²) in [5, 5.41) is 1.56. The van der Waals surface area contributed by atoms with Crippen molar-refractivity contribution in [3.63, 3.8) is 0 Å². The number of hydrogen-bond acceptors (Lipinski definition) is 3. The van der Waals surface area contributed by atoms with Crippen molar-refractivity contribution < 1.29 is 13.0 Å². The topological polar surface area (TPSA) is 80.4 Å². The molecule has 1 radical (unpaired) electrons. The van der Waals surface area contributed by atoms with Gasteiger partial charge in [0.15, 0.2) is 0 Å². The fraction of sp³-hybridized carbons (Fsp3) is 0. The van der Waals surface area contributed by atoms with Crippen LogP contribution in [0.25, 0.3) is 10.8 Å². The van der Waals surface area contributed by atoms with Gasteiger partial charge in [0.2, 0.25) is 0 Å². The molecular formula is C10H9NNaO3S. The second-order valence-corrected chi connectivity index (χ2v) is 4.66. The molecule has 0 aliphatic carbocycles. The third-order valence-electron chi connectivity index (χ3n) is 2.13. The molecule has 0 unspecified atom stereocenters. The van der Waals surface area contributed by atoms with Gasteiger partial charge in [0.05, 0.1) is 4.90 Å². The van der Waals surface area contributed by atoms with Crippen LogP contribution in [0.3, 0.4) is 0 Å². The Morgan fingerprint density at radius 2 is 1.62 bits per heavy atom. The first-order chi connectivity index (χ1) is 6.97. The van der Waals surface area contributed by atoms with Crippen molar-refractivity contribution in [3.05, 3.63) is 36.4 Å². The summed E-state index contributed by atoms with van der Waals surface area (Å²) >= 11 is 0. The molecule has 2 rings (SSSR count). The van der Waals surface area contributed by atoms with Crippen LogP contribution < -0.4 is 5.73 Å². The summed E-state index contributed by atoms with van der Waals surface area (Å²) < 4.78 is 30.6. The first-order valence-corrected chi connectivity index (χ1v) is 5.67. The minimum absolute atomic E-state index is 0. The molecule has 0 bridgehead atoms. The van der Waals surface area contributed by atoms with Crippen molar-refractivity contribution in [1.29, 1.82) is 0 Å². The molecule has 0 amide bonds. The molecule has 16 heavy (non-hydrogen) atoms. The van der Waals surface area contributed by atoms with E-state index >= 15 is 0 Å². The number of benzene rings is 2. The maximum absolute atomic E-state index is 10.9. The van der Waals surface area contributed by atoms with Crippen LogP contribution in [0.1, 0.15) is 0 Å². The van der Waals surface area contributed by atoms with E-state index in [2.05, 4.69) is 0 Å². The van der Waals surface area contributed by atoms with E-state index in [1.807, 2.05) is 0 Å². The third-order valence-corrected chi connectivity index (χ3v) is 2.98. The van der Waals surface area contributed by atoms with Crippen molar-refractivity contribution in [2.45, 2.75) is 4.90 Å². The molecule has 3 N–H and O–H groups in total. The van der Waals surface area contributed by atoms with Crippen molar-refractivity contribution in [1.82, 2.24) is 0 Å². The summed E-state index contributed by atoms with van der Waals surface area (Å²) in [6.45, 7) is 0. The first-order valence-electron chi connectivity index (χ1n) is 4.23. The van der Waals surface area contributed by atoms with Gasteiger partial charge in [-0.2, -0.15) is 8.42 Å². The summed E-state index contributed by atoms with van der Waals surface area (Å²) in [6, 6.07) is 9.55. The van der Waals surface area contributed by atoms with Gasteiger partial charge in [-0.25, -0.2) is 0 Å². The van der Waals surface area contributed by atoms with Crippen LogP contribution in [0.2, 0.25) is 0 Å². The zero-order valence-electron chi connectivity index (χ0n) is 8.71. The fourth-order valence-corrected chi connectivity index (χ4v) is 1.92. The number of nitrogens with two attached hydrogens (primary N) is 1. The van der Waals surface area contributed by atoms with E-state index in [1.54, 1.807) is 24.3 Å². The van der Waals surface area contributed by atoms with Crippen LogP contribution in [0.4, 0.5) is 5.69 Å². The molecule has 0 fully saturated rings. The van der Waals surface area contributed by atoms with Gasteiger partial charge in [-0.15, -0.1) is 0 Å². The fourth-order valence-electron chi connectivity index (χ4n) is 1.40. The van der Waals surface area contributed by atoms with Crippen molar-refractivity contribution in [2.75, 3.05) is 5.73 Å². The smallest absolute Gasteiger partial charge is 0.294 e. The van der Waals surface area contributed by atoms with Gasteiger partial charge in [0.1, 0.15) is 0 Å². The van der Waals surface area contributed by atoms with Crippen LogP contribution in [-0.4, -0.2) is 42.5 Å². The van der Waals surface area contributed by atoms with Crippen LogP contribution in [0.5, 0.6) is 0 Å². The monoisotopic (exact) mass is 246 g/mol. The standard InChI is InChI=1S/C10H9NO3S.Na/c11-9-3-1-7-2-4-10(15(12,13)14)6-8(7)5-9;/h1-6H,11H2,(H,12,13,14);. The number of nitrogen functional groups attached to an aromatic ring is 1. The van der Waals surface area contributed by atoms with Gasteiger partial charge in [-0.1, -0.05) is 12.1 Å². The number of anilines is 1. The quantitative estimate of drug-likeness (QED) is 0.451. The molecule has 0 saturated heterocycles. The molecule has 0 atom stereocenters. The van der Waals surface area contributed by atoms with Crippen molar-refractivity contribution in [2.24, 2.45) is 0 Å². The van der Waals surface area contributed by atoms with Crippen LogP contribution in [0.15, 0.2) is 41.3 Å². The molecule has 4 nitrogen and oxygen atoms in total. The van der Waals surface area contributed by atoms with E-state index in [4.69, 9.17) is 10.3 Å². The predicted octanol–water partition coefficient (Wildman–Crippen LogP) is 1.29. The normalized spacial score (nSPS) is 11.1. The Morgan fingerprint density at radius 3 is 2.25 bits per heavy atom. The van der Waals surface area contributed by atoms with Gasteiger partial charge >= 0.3 is 0 Å². The first kappa shape index (κ1) is 13.5. The average Bonchev–Trinajstić information content (AvgIpc) is 2.15. The van der Waals surface area contributed by atoms with Gasteiger partial charge in [0.25, 0.3) is 10.1 Å². The maximum atomic E-state index is 10.9. The summed E-state index contributed by atoms with van der Waals surface area (Å²) in [7, 11) is -4.15. The molecule has 0 saturated carbocycles. The van der Waals surface area contributed by atoms with Crippen LogP contribution >= 0.6 is 0 Å². The Labute approximate surface area is 115 Å². The summed E-state index contributed by atoms with van der Waals surface area (Å²) in [6.07, 6.45) is 0. The molecule has 0 aliphatic rings. The minimum atomic E-state index is -4.15. The molecule has 0 spiro atoms. The van der Waals surface area contributed by atoms with Gasteiger partial charge < -0.3 is 5.73 Å².